The van der Waals surface area contributed by atoms with Crippen molar-refractivity contribution in [2.24, 2.45) is 0 Å². The van der Waals surface area contributed by atoms with E-state index in [0.29, 0.717) is 59.8 Å². The fourth-order valence-corrected chi connectivity index (χ4v) is 7.46. The number of nitrogens with one attached hydrogen (secondary N) is 3. The fraction of sp³-hybridized carbons (Fsp3) is 0.333. The normalized spacial score (nSPS) is 15.3. The number of benzene rings is 2. The van der Waals surface area contributed by atoms with Crippen molar-refractivity contribution >= 4 is 68.5 Å². The smallest absolute Gasteiger partial charge is 0.257 e. The molecule has 0 atom stereocenters. The summed E-state index contributed by atoms with van der Waals surface area (Å²) >= 11 is 24.4. The van der Waals surface area contributed by atoms with E-state index < -0.39 is 0 Å². The highest BCUT2D eigenvalue weighted by Gasteiger charge is 2.29. The van der Waals surface area contributed by atoms with E-state index in [4.69, 9.17) is 51.5 Å². The van der Waals surface area contributed by atoms with Crippen LogP contribution in [0.2, 0.25) is 20.1 Å². The van der Waals surface area contributed by atoms with E-state index in [2.05, 4.69) is 40.9 Å². The zero-order valence-electron chi connectivity index (χ0n) is 26.7. The Bertz CT molecular complexity index is 2260. The molecule has 0 radical (unpaired) electrons. The minimum absolute atomic E-state index is 0.165. The van der Waals surface area contributed by atoms with E-state index in [1.54, 1.807) is 36.4 Å². The second kappa shape index (κ2) is 12.7. The van der Waals surface area contributed by atoms with Crippen LogP contribution in [0.4, 0.5) is 0 Å². The standard InChI is InChI=1S/C20H21Cl2N3O.C16H13Cl2N3O/c1-20(2,3)25-18-16(17(24-25)11-5-4-6-11)10-15(19(26)23-18)12-7-13(21)9-14(22)8-12;17-10-4-9(5-11(18)6-10)12-7-13-14(8-2-1-3-8)20-21-15(13)19-16(12)22/h7-11H,4-6H2,1-3H3,(H,23,26);4-8H,1-3H2,(H2,19,20,21,22). The lowest BCUT2D eigenvalue weighted by molar-refractivity contribution is 0.349. The van der Waals surface area contributed by atoms with Crippen LogP contribution in [0.15, 0.2) is 58.1 Å². The maximum Gasteiger partial charge on any atom is 0.257 e. The molecule has 4 heterocycles. The SMILES string of the molecule is CC(C)(C)n1nc(C2CCC2)c2cc(-c3cc(Cl)cc(Cl)c3)c(=O)[nH]c21.O=c1[nH]c2n[nH]c(C3CCC3)c2cc1-c1cc(Cl)cc(Cl)c1. The summed E-state index contributed by atoms with van der Waals surface area (Å²) < 4.78 is 1.94. The predicted molar refractivity (Wildman–Crippen MR) is 196 cm³/mol. The van der Waals surface area contributed by atoms with E-state index >= 15 is 0 Å². The Hall–Kier alpha value is -3.56. The van der Waals surface area contributed by atoms with Gasteiger partial charge in [0, 0.05) is 59.5 Å². The van der Waals surface area contributed by atoms with Crippen molar-refractivity contribution in [1.82, 2.24) is 29.9 Å². The molecule has 12 heteroatoms. The van der Waals surface area contributed by atoms with Crippen molar-refractivity contribution in [1.29, 1.82) is 0 Å². The summed E-state index contributed by atoms with van der Waals surface area (Å²) in [6.07, 6.45) is 7.09. The van der Waals surface area contributed by atoms with Gasteiger partial charge in [-0.2, -0.15) is 10.2 Å². The quantitative estimate of drug-likeness (QED) is 0.168. The lowest BCUT2D eigenvalue weighted by Crippen LogP contribution is -2.25. The fourth-order valence-electron chi connectivity index (χ4n) is 6.41. The molecule has 8 rings (SSSR count). The Morgan fingerprint density at radius 1 is 0.688 bits per heavy atom. The van der Waals surface area contributed by atoms with Crippen molar-refractivity contribution in [2.45, 2.75) is 76.7 Å². The Morgan fingerprint density at radius 2 is 1.19 bits per heavy atom. The van der Waals surface area contributed by atoms with Gasteiger partial charge in [-0.25, -0.2) is 4.68 Å². The summed E-state index contributed by atoms with van der Waals surface area (Å²) in [6, 6.07) is 14.2. The maximum atomic E-state index is 12.8. The van der Waals surface area contributed by atoms with Gasteiger partial charge in [0.2, 0.25) is 0 Å². The van der Waals surface area contributed by atoms with Crippen LogP contribution >= 0.6 is 46.4 Å². The Kier molecular flexibility index (Phi) is 8.73. The van der Waals surface area contributed by atoms with Crippen molar-refractivity contribution in [3.8, 4) is 22.3 Å². The van der Waals surface area contributed by atoms with E-state index in [1.807, 2.05) is 16.8 Å². The molecular formula is C36H34Cl4N6O2. The first kappa shape index (κ1) is 33.0. The second-order valence-electron chi connectivity index (χ2n) is 13.7. The van der Waals surface area contributed by atoms with Crippen molar-refractivity contribution < 1.29 is 0 Å². The van der Waals surface area contributed by atoms with Crippen LogP contribution in [0.25, 0.3) is 44.3 Å². The molecule has 0 saturated heterocycles. The number of aromatic amines is 3. The monoisotopic (exact) mass is 722 g/mol. The van der Waals surface area contributed by atoms with Gasteiger partial charge in [-0.15, -0.1) is 0 Å². The maximum absolute atomic E-state index is 12.8. The van der Waals surface area contributed by atoms with Gasteiger partial charge < -0.3 is 9.97 Å². The van der Waals surface area contributed by atoms with Crippen LogP contribution < -0.4 is 11.1 Å². The third-order valence-electron chi connectivity index (χ3n) is 9.30. The minimum Gasteiger partial charge on any atom is -0.306 e. The van der Waals surface area contributed by atoms with Gasteiger partial charge in [0.05, 0.1) is 11.2 Å². The van der Waals surface area contributed by atoms with Gasteiger partial charge in [-0.1, -0.05) is 59.2 Å². The van der Waals surface area contributed by atoms with Gasteiger partial charge in [0.15, 0.2) is 5.65 Å². The molecule has 2 fully saturated rings. The van der Waals surface area contributed by atoms with Crippen LogP contribution in [0, 0.1) is 0 Å². The number of hydrogen-bond donors (Lipinski definition) is 3. The molecule has 0 bridgehead atoms. The van der Waals surface area contributed by atoms with E-state index in [0.717, 1.165) is 53.5 Å². The molecule has 4 aromatic heterocycles. The number of pyridine rings is 2. The molecule has 0 spiro atoms. The molecule has 3 N–H and O–H groups in total. The highest BCUT2D eigenvalue weighted by Crippen LogP contribution is 2.41. The molecule has 2 aromatic carbocycles. The van der Waals surface area contributed by atoms with Crippen LogP contribution in [-0.4, -0.2) is 29.9 Å². The highest BCUT2D eigenvalue weighted by molar-refractivity contribution is 6.35. The number of halogens is 4. The van der Waals surface area contributed by atoms with Crippen molar-refractivity contribution in [3.05, 3.63) is 101 Å². The summed E-state index contributed by atoms with van der Waals surface area (Å²) in [5.41, 5.74) is 5.52. The third kappa shape index (κ3) is 6.31. The van der Waals surface area contributed by atoms with Gasteiger partial charge in [-0.05, 0) is 106 Å². The molecular weight excluding hydrogens is 690 g/mol. The molecule has 6 aromatic rings. The first-order valence-electron chi connectivity index (χ1n) is 16.1. The lowest BCUT2D eigenvalue weighted by Gasteiger charge is -2.24. The Balaban J connectivity index is 0.000000154. The first-order chi connectivity index (χ1) is 22.9. The number of fused-ring (bicyclic) bond motifs is 2. The summed E-state index contributed by atoms with van der Waals surface area (Å²) in [5.74, 6) is 0.967. The average Bonchev–Trinajstić information content (AvgIpc) is 3.50. The number of hydrogen-bond acceptors (Lipinski definition) is 4. The largest absolute Gasteiger partial charge is 0.306 e. The molecule has 2 aliphatic carbocycles. The summed E-state index contributed by atoms with van der Waals surface area (Å²) in [7, 11) is 0. The minimum atomic E-state index is -0.218. The van der Waals surface area contributed by atoms with Crippen LogP contribution in [0.3, 0.4) is 0 Å². The molecule has 8 nitrogen and oxygen atoms in total. The number of nitrogens with zero attached hydrogens (tertiary/aromatic N) is 3. The predicted octanol–water partition coefficient (Wildman–Crippen LogP) is 10.2. The molecule has 0 unspecified atom stereocenters. The van der Waals surface area contributed by atoms with Crippen LogP contribution in [-0.2, 0) is 5.54 Å². The average molecular weight is 725 g/mol. The van der Waals surface area contributed by atoms with Crippen LogP contribution in [0.5, 0.6) is 0 Å². The summed E-state index contributed by atoms with van der Waals surface area (Å²) in [4.78, 5) is 31.0. The molecule has 0 amide bonds. The van der Waals surface area contributed by atoms with Crippen molar-refractivity contribution in [2.75, 3.05) is 0 Å². The summed E-state index contributed by atoms with van der Waals surface area (Å²) in [6.45, 7) is 6.27. The van der Waals surface area contributed by atoms with E-state index in [-0.39, 0.29) is 16.7 Å². The topological polar surface area (TPSA) is 112 Å². The first-order valence-corrected chi connectivity index (χ1v) is 17.6. The van der Waals surface area contributed by atoms with Gasteiger partial charge in [0.1, 0.15) is 5.65 Å². The van der Waals surface area contributed by atoms with E-state index in [1.165, 1.54) is 12.8 Å². The van der Waals surface area contributed by atoms with Crippen LogP contribution in [0.1, 0.15) is 82.5 Å². The number of rotatable bonds is 4. The zero-order chi connectivity index (χ0) is 33.9. The van der Waals surface area contributed by atoms with E-state index in [9.17, 15) is 9.59 Å². The third-order valence-corrected chi connectivity index (χ3v) is 10.2. The number of H-pyrrole nitrogens is 3. The van der Waals surface area contributed by atoms with Gasteiger partial charge >= 0.3 is 0 Å². The van der Waals surface area contributed by atoms with Gasteiger partial charge in [-0.3, -0.25) is 14.7 Å². The highest BCUT2D eigenvalue weighted by atomic mass is 35.5. The lowest BCUT2D eigenvalue weighted by atomic mass is 9.82. The Morgan fingerprint density at radius 3 is 1.67 bits per heavy atom. The second-order valence-corrected chi connectivity index (χ2v) is 15.5. The van der Waals surface area contributed by atoms with Crippen molar-refractivity contribution in [3.63, 3.8) is 0 Å². The number of aromatic nitrogens is 6. The molecule has 2 aliphatic rings. The molecule has 0 aliphatic heterocycles. The zero-order valence-corrected chi connectivity index (χ0v) is 29.7. The summed E-state index contributed by atoms with van der Waals surface area (Å²) in [5, 5.41) is 16.2. The molecule has 2 saturated carbocycles. The Labute approximate surface area is 296 Å². The molecule has 248 valence electrons. The molecule has 48 heavy (non-hydrogen) atoms. The van der Waals surface area contributed by atoms with Gasteiger partial charge in [0.25, 0.3) is 11.1 Å².